The van der Waals surface area contributed by atoms with Crippen LogP contribution in [0.5, 0.6) is 0 Å². The first-order valence-corrected chi connectivity index (χ1v) is 12.3. The molecule has 0 N–H and O–H groups in total. The number of aromatic nitrogens is 2. The molecule has 0 amide bonds. The van der Waals surface area contributed by atoms with E-state index in [-0.39, 0.29) is 0 Å². The molecule has 32 heavy (non-hydrogen) atoms. The van der Waals surface area contributed by atoms with Gasteiger partial charge in [-0.25, -0.2) is 9.97 Å². The average Bonchev–Trinajstić information content (AvgIpc) is 2.78. The van der Waals surface area contributed by atoms with Gasteiger partial charge < -0.3 is 4.90 Å². The van der Waals surface area contributed by atoms with Crippen LogP contribution in [-0.4, -0.2) is 24.1 Å². The lowest BCUT2D eigenvalue weighted by molar-refractivity contribution is 0.308. The van der Waals surface area contributed by atoms with Crippen LogP contribution in [0, 0.1) is 18.8 Å². The van der Waals surface area contributed by atoms with Gasteiger partial charge in [-0.1, -0.05) is 94.8 Å². The fraction of sp³-hybridized carbons (Fsp3) is 0.500. The summed E-state index contributed by atoms with van der Waals surface area (Å²) in [5, 5.41) is 1.99. The average molecular weight is 454 g/mol. The molecule has 0 bridgehead atoms. The number of rotatable bonds is 3. The predicted octanol–water partition coefficient (Wildman–Crippen LogP) is 8.13. The second kappa shape index (κ2) is 13.4. The lowest BCUT2D eigenvalue weighted by Crippen LogP contribution is -2.12. The summed E-state index contributed by atoms with van der Waals surface area (Å²) in [6.45, 7) is 8.81. The number of para-hydroxylation sites is 1. The van der Waals surface area contributed by atoms with Gasteiger partial charge in [-0.05, 0) is 48.9 Å². The third kappa shape index (κ3) is 8.43. The fourth-order valence-corrected chi connectivity index (χ4v) is 4.14. The van der Waals surface area contributed by atoms with E-state index in [1.807, 2.05) is 68.4 Å². The number of aryl methyl sites for hydroxylation is 2. The van der Waals surface area contributed by atoms with Crippen molar-refractivity contribution >= 4 is 28.3 Å². The second-order valence-corrected chi connectivity index (χ2v) is 9.62. The Balaban J connectivity index is 0.000000178. The fourth-order valence-electron chi connectivity index (χ4n) is 3.91. The van der Waals surface area contributed by atoms with E-state index in [1.165, 1.54) is 31.2 Å². The minimum Gasteiger partial charge on any atom is -0.362 e. The number of nitrogens with zero attached hydrogens (tertiary/aromatic N) is 3. The highest BCUT2D eigenvalue weighted by atomic mass is 35.5. The molecule has 0 radical (unpaired) electrons. The summed E-state index contributed by atoms with van der Waals surface area (Å²) in [5.41, 5.74) is 2.26. The first-order valence-electron chi connectivity index (χ1n) is 12.0. The van der Waals surface area contributed by atoms with Crippen molar-refractivity contribution in [2.24, 2.45) is 11.8 Å². The van der Waals surface area contributed by atoms with E-state index in [2.05, 4.69) is 36.8 Å². The first kappa shape index (κ1) is 26.1. The third-order valence-electron chi connectivity index (χ3n) is 5.90. The molecule has 4 rings (SSSR count). The van der Waals surface area contributed by atoms with Crippen molar-refractivity contribution in [1.29, 1.82) is 0 Å². The third-order valence-corrected chi connectivity index (χ3v) is 6.27. The summed E-state index contributed by atoms with van der Waals surface area (Å²) in [5.74, 6) is 3.83. The van der Waals surface area contributed by atoms with Gasteiger partial charge >= 0.3 is 0 Å². The van der Waals surface area contributed by atoms with E-state index in [9.17, 15) is 0 Å². The number of hydrogen-bond donors (Lipinski definition) is 0. The largest absolute Gasteiger partial charge is 0.362 e. The van der Waals surface area contributed by atoms with E-state index < -0.39 is 0 Å². The van der Waals surface area contributed by atoms with E-state index in [4.69, 9.17) is 11.6 Å². The summed E-state index contributed by atoms with van der Waals surface area (Å²) in [4.78, 5) is 10.8. The molecule has 3 aromatic rings. The van der Waals surface area contributed by atoms with Crippen LogP contribution in [0.2, 0.25) is 5.02 Å². The summed E-state index contributed by atoms with van der Waals surface area (Å²) in [6, 6.07) is 16.1. The number of halogens is 1. The van der Waals surface area contributed by atoms with E-state index in [0.29, 0.717) is 0 Å². The van der Waals surface area contributed by atoms with Crippen molar-refractivity contribution < 1.29 is 0 Å². The van der Waals surface area contributed by atoms with Gasteiger partial charge in [0.1, 0.15) is 11.6 Å². The van der Waals surface area contributed by atoms with Crippen molar-refractivity contribution in [2.75, 3.05) is 19.0 Å². The molecular formula is C28H40ClN3. The zero-order valence-electron chi connectivity index (χ0n) is 20.7. The number of hydrogen-bond acceptors (Lipinski definition) is 3. The highest BCUT2D eigenvalue weighted by molar-refractivity contribution is 6.31. The van der Waals surface area contributed by atoms with Crippen molar-refractivity contribution in [3.8, 4) is 0 Å². The summed E-state index contributed by atoms with van der Waals surface area (Å²) in [7, 11) is 3.99. The van der Waals surface area contributed by atoms with Crippen LogP contribution in [0.1, 0.15) is 64.3 Å². The minimum absolute atomic E-state index is 0.812. The Morgan fingerprint density at radius 2 is 1.44 bits per heavy atom. The van der Waals surface area contributed by atoms with Crippen molar-refractivity contribution in [2.45, 2.75) is 66.2 Å². The maximum absolute atomic E-state index is 5.90. The van der Waals surface area contributed by atoms with Crippen LogP contribution in [0.25, 0.3) is 10.9 Å². The molecule has 1 aromatic heterocycles. The zero-order valence-corrected chi connectivity index (χ0v) is 21.5. The maximum atomic E-state index is 5.90. The minimum atomic E-state index is 0.812. The topological polar surface area (TPSA) is 29.0 Å². The van der Waals surface area contributed by atoms with E-state index in [1.54, 1.807) is 0 Å². The molecule has 0 saturated heterocycles. The van der Waals surface area contributed by atoms with E-state index in [0.717, 1.165) is 52.2 Å². The quantitative estimate of drug-likeness (QED) is 0.400. The van der Waals surface area contributed by atoms with Crippen LogP contribution in [0.3, 0.4) is 0 Å². The summed E-state index contributed by atoms with van der Waals surface area (Å²) >= 11 is 5.90. The lowest BCUT2D eigenvalue weighted by Gasteiger charge is -2.22. The Morgan fingerprint density at radius 3 is 2.00 bits per heavy atom. The van der Waals surface area contributed by atoms with Crippen molar-refractivity contribution in [3.05, 3.63) is 64.9 Å². The van der Waals surface area contributed by atoms with E-state index >= 15 is 0 Å². The Hall–Kier alpha value is -2.13. The molecule has 0 aliphatic heterocycles. The standard InChI is InChI=1S/C11H13N3.C9H11Cl.C8H16/c1-8-12-10-7-5-4-6-9(10)11(13-8)14(2)3;1-2-5-8-6-3-4-7-9(8)10;1-7-3-5-8(2)6-4-7/h4-7H,1-3H3;3-4,6-7H,2,5H2,1H3;7-8H,3-6H2,1-2H3. The molecule has 1 fully saturated rings. The van der Waals surface area contributed by atoms with Gasteiger partial charge in [0, 0.05) is 24.5 Å². The van der Waals surface area contributed by atoms with Crippen LogP contribution in [-0.2, 0) is 6.42 Å². The summed E-state index contributed by atoms with van der Waals surface area (Å²) in [6.07, 6.45) is 8.13. The van der Waals surface area contributed by atoms with Crippen molar-refractivity contribution in [3.63, 3.8) is 0 Å². The number of fused-ring (bicyclic) bond motifs is 1. The molecule has 1 aliphatic carbocycles. The van der Waals surface area contributed by atoms with Gasteiger partial charge in [0.05, 0.1) is 5.52 Å². The number of anilines is 1. The predicted molar refractivity (Wildman–Crippen MR) is 141 cm³/mol. The van der Waals surface area contributed by atoms with Gasteiger partial charge in [-0.2, -0.15) is 0 Å². The van der Waals surface area contributed by atoms with Crippen LogP contribution in [0.4, 0.5) is 5.82 Å². The van der Waals surface area contributed by atoms with Gasteiger partial charge in [0.15, 0.2) is 0 Å². The smallest absolute Gasteiger partial charge is 0.139 e. The first-order chi connectivity index (χ1) is 15.3. The molecule has 0 atom stereocenters. The molecule has 4 heteroatoms. The Morgan fingerprint density at radius 1 is 0.875 bits per heavy atom. The molecule has 174 valence electrons. The van der Waals surface area contributed by atoms with Crippen LogP contribution >= 0.6 is 11.6 Å². The molecule has 0 spiro atoms. The molecule has 1 aliphatic rings. The highest BCUT2D eigenvalue weighted by Gasteiger charge is 2.13. The van der Waals surface area contributed by atoms with Crippen molar-refractivity contribution in [1.82, 2.24) is 9.97 Å². The molecule has 3 nitrogen and oxygen atoms in total. The normalized spacial score (nSPS) is 17.6. The van der Waals surface area contributed by atoms with Gasteiger partial charge in [0.2, 0.25) is 0 Å². The van der Waals surface area contributed by atoms with Gasteiger partial charge in [-0.3, -0.25) is 0 Å². The Bertz CT molecular complexity index is 936. The van der Waals surface area contributed by atoms with Gasteiger partial charge in [-0.15, -0.1) is 0 Å². The molecule has 1 heterocycles. The Kier molecular flexibility index (Phi) is 11.0. The van der Waals surface area contributed by atoms with Crippen LogP contribution in [0.15, 0.2) is 48.5 Å². The van der Waals surface area contributed by atoms with Gasteiger partial charge in [0.25, 0.3) is 0 Å². The second-order valence-electron chi connectivity index (χ2n) is 9.21. The molecule has 1 saturated carbocycles. The monoisotopic (exact) mass is 453 g/mol. The molecule has 2 aromatic carbocycles. The number of benzene rings is 2. The van der Waals surface area contributed by atoms with Crippen LogP contribution < -0.4 is 4.90 Å². The zero-order chi connectivity index (χ0) is 23.5. The summed E-state index contributed by atoms with van der Waals surface area (Å²) < 4.78 is 0. The molecule has 0 unspecified atom stereocenters. The highest BCUT2D eigenvalue weighted by Crippen LogP contribution is 2.27. The Labute approximate surface area is 200 Å². The molecular weight excluding hydrogens is 414 g/mol. The maximum Gasteiger partial charge on any atom is 0.139 e. The lowest BCUT2D eigenvalue weighted by atomic mass is 9.84. The SMILES string of the molecule is CC1CCC(C)CC1.CCCc1ccccc1Cl.Cc1nc(N(C)C)c2ccccc2n1.